The Morgan fingerprint density at radius 2 is 1.84 bits per heavy atom. The smallest absolute Gasteiger partial charge is 0.259 e. The van der Waals surface area contributed by atoms with Gasteiger partial charge in [-0.25, -0.2) is 0 Å². The highest BCUT2D eigenvalue weighted by molar-refractivity contribution is 6.26. The number of rotatable bonds is 3. The summed E-state index contributed by atoms with van der Waals surface area (Å²) in [5, 5.41) is 2.01. The Labute approximate surface area is 111 Å². The number of carbonyl (C=O) groups excluding carboxylic acids is 2. The number of Topliss-reactive ketones (excluding diaryl/α,β-unsaturated/α-hetero) is 1. The second-order valence-corrected chi connectivity index (χ2v) is 5.19. The first-order valence-corrected chi connectivity index (χ1v) is 6.46. The Morgan fingerprint density at radius 3 is 2.53 bits per heavy atom. The van der Waals surface area contributed by atoms with E-state index in [9.17, 15) is 9.59 Å². The van der Waals surface area contributed by atoms with E-state index in [0.29, 0.717) is 5.56 Å². The molecule has 2 aromatic carbocycles. The summed E-state index contributed by atoms with van der Waals surface area (Å²) in [5.74, 6) is -0.0466. The van der Waals surface area contributed by atoms with Gasteiger partial charge in [-0.1, -0.05) is 38.1 Å². The maximum atomic E-state index is 12.4. The van der Waals surface area contributed by atoms with Crippen LogP contribution in [-0.2, 0) is 4.79 Å². The van der Waals surface area contributed by atoms with Crippen LogP contribution < -0.4 is 4.90 Å². The molecule has 0 unspecified atom stereocenters. The summed E-state index contributed by atoms with van der Waals surface area (Å²) in [6, 6.07) is 11.5. The van der Waals surface area contributed by atoms with E-state index < -0.39 is 0 Å². The summed E-state index contributed by atoms with van der Waals surface area (Å²) < 4.78 is 0. The summed E-state index contributed by atoms with van der Waals surface area (Å²) in [6.07, 6.45) is 0. The summed E-state index contributed by atoms with van der Waals surface area (Å²) in [7, 11) is 0. The number of ketones is 1. The third kappa shape index (κ3) is 1.73. The van der Waals surface area contributed by atoms with E-state index in [2.05, 4.69) is 0 Å². The number of carbonyl (C=O) groups is 2. The topological polar surface area (TPSA) is 37.4 Å². The molecule has 96 valence electrons. The standard InChI is InChI=1S/C16H15NO2/c1-10(2)14(18)9-17-13-8-4-6-11-5-3-7-12(15(11)13)16(17)19/h3-8,10H,9H2,1-2H3. The Hall–Kier alpha value is -2.16. The molecule has 0 saturated carbocycles. The van der Waals surface area contributed by atoms with Gasteiger partial charge in [0.05, 0.1) is 12.2 Å². The molecule has 1 amide bonds. The Bertz CT molecular complexity index is 683. The van der Waals surface area contributed by atoms with Crippen LogP contribution in [0.1, 0.15) is 24.2 Å². The summed E-state index contributed by atoms with van der Waals surface area (Å²) in [6.45, 7) is 3.87. The van der Waals surface area contributed by atoms with Gasteiger partial charge >= 0.3 is 0 Å². The maximum Gasteiger partial charge on any atom is 0.259 e. The van der Waals surface area contributed by atoms with Gasteiger partial charge in [0.1, 0.15) is 0 Å². The lowest BCUT2D eigenvalue weighted by molar-refractivity contribution is -0.120. The molecule has 3 nitrogen and oxygen atoms in total. The molecule has 1 heterocycles. The molecule has 0 radical (unpaired) electrons. The second kappa shape index (κ2) is 4.19. The van der Waals surface area contributed by atoms with Crippen molar-refractivity contribution in [3.05, 3.63) is 42.0 Å². The monoisotopic (exact) mass is 253 g/mol. The fraction of sp³-hybridized carbons (Fsp3) is 0.250. The fourth-order valence-electron chi connectivity index (χ4n) is 2.47. The molecule has 0 bridgehead atoms. The second-order valence-electron chi connectivity index (χ2n) is 5.19. The van der Waals surface area contributed by atoms with E-state index in [0.717, 1.165) is 16.5 Å². The van der Waals surface area contributed by atoms with Crippen molar-refractivity contribution in [1.29, 1.82) is 0 Å². The molecular weight excluding hydrogens is 238 g/mol. The van der Waals surface area contributed by atoms with Gasteiger partial charge < -0.3 is 4.90 Å². The number of amides is 1. The SMILES string of the molecule is CC(C)C(=O)CN1C(=O)c2cccc3cccc1c23. The molecule has 3 rings (SSSR count). The van der Waals surface area contributed by atoms with Crippen molar-refractivity contribution in [2.45, 2.75) is 13.8 Å². The highest BCUT2D eigenvalue weighted by Crippen LogP contribution is 2.37. The minimum atomic E-state index is -0.0687. The first-order valence-electron chi connectivity index (χ1n) is 6.46. The van der Waals surface area contributed by atoms with Crippen LogP contribution in [0.4, 0.5) is 5.69 Å². The van der Waals surface area contributed by atoms with Crippen LogP contribution in [0, 0.1) is 5.92 Å². The summed E-state index contributed by atoms with van der Waals surface area (Å²) in [4.78, 5) is 25.9. The quantitative estimate of drug-likeness (QED) is 0.843. The Morgan fingerprint density at radius 1 is 1.16 bits per heavy atom. The number of anilines is 1. The molecule has 2 aromatic rings. The number of benzene rings is 2. The van der Waals surface area contributed by atoms with Gasteiger partial charge in [-0.3, -0.25) is 9.59 Å². The molecule has 1 aliphatic heterocycles. The normalized spacial score (nSPS) is 13.6. The van der Waals surface area contributed by atoms with E-state index in [1.807, 2.05) is 50.2 Å². The third-order valence-electron chi connectivity index (χ3n) is 3.61. The number of hydrogen-bond donors (Lipinski definition) is 0. The first kappa shape index (κ1) is 11.9. The predicted molar refractivity (Wildman–Crippen MR) is 75.5 cm³/mol. The van der Waals surface area contributed by atoms with Crippen molar-refractivity contribution in [3.8, 4) is 0 Å². The van der Waals surface area contributed by atoms with Gasteiger partial charge in [-0.05, 0) is 17.5 Å². The van der Waals surface area contributed by atoms with Gasteiger partial charge in [0.25, 0.3) is 5.91 Å². The lowest BCUT2D eigenvalue weighted by Gasteiger charge is -2.17. The lowest BCUT2D eigenvalue weighted by Crippen LogP contribution is -2.34. The van der Waals surface area contributed by atoms with Gasteiger partial charge in [0, 0.05) is 16.9 Å². The highest BCUT2D eigenvalue weighted by atomic mass is 16.2. The lowest BCUT2D eigenvalue weighted by atomic mass is 10.1. The zero-order valence-corrected chi connectivity index (χ0v) is 11.0. The summed E-state index contributed by atoms with van der Waals surface area (Å²) >= 11 is 0. The highest BCUT2D eigenvalue weighted by Gasteiger charge is 2.31. The Balaban J connectivity index is 2.10. The molecule has 3 heteroatoms. The molecule has 0 saturated heterocycles. The minimum absolute atomic E-state index is 0.0595. The van der Waals surface area contributed by atoms with E-state index in [4.69, 9.17) is 0 Å². The molecule has 0 spiro atoms. The van der Waals surface area contributed by atoms with Crippen molar-refractivity contribution >= 4 is 28.2 Å². The number of hydrogen-bond acceptors (Lipinski definition) is 2. The zero-order valence-electron chi connectivity index (χ0n) is 11.0. The van der Waals surface area contributed by atoms with E-state index in [1.54, 1.807) is 4.90 Å². The molecule has 1 aliphatic rings. The van der Waals surface area contributed by atoms with Gasteiger partial charge in [0.15, 0.2) is 5.78 Å². The number of nitrogens with zero attached hydrogens (tertiary/aromatic N) is 1. The fourth-order valence-corrected chi connectivity index (χ4v) is 2.47. The molecule has 0 aromatic heterocycles. The molecule has 0 aliphatic carbocycles. The average molecular weight is 253 g/mol. The van der Waals surface area contributed by atoms with Crippen molar-refractivity contribution < 1.29 is 9.59 Å². The first-order chi connectivity index (χ1) is 9.09. The van der Waals surface area contributed by atoms with Crippen LogP contribution in [0.25, 0.3) is 10.8 Å². The van der Waals surface area contributed by atoms with Gasteiger partial charge in [-0.2, -0.15) is 0 Å². The van der Waals surface area contributed by atoms with E-state index in [-0.39, 0.29) is 24.2 Å². The van der Waals surface area contributed by atoms with Crippen LogP contribution in [-0.4, -0.2) is 18.2 Å². The van der Waals surface area contributed by atoms with Crippen molar-refractivity contribution in [2.24, 2.45) is 5.92 Å². The largest absolute Gasteiger partial charge is 0.300 e. The Kier molecular flexibility index (Phi) is 2.63. The van der Waals surface area contributed by atoms with E-state index >= 15 is 0 Å². The van der Waals surface area contributed by atoms with Gasteiger partial charge in [-0.15, -0.1) is 0 Å². The van der Waals surface area contributed by atoms with Gasteiger partial charge in [0.2, 0.25) is 0 Å². The van der Waals surface area contributed by atoms with Crippen LogP contribution in [0.3, 0.4) is 0 Å². The average Bonchev–Trinajstić information content (AvgIpc) is 2.67. The minimum Gasteiger partial charge on any atom is -0.300 e. The van der Waals surface area contributed by atoms with Crippen molar-refractivity contribution in [3.63, 3.8) is 0 Å². The maximum absolute atomic E-state index is 12.4. The predicted octanol–water partition coefficient (Wildman–Crippen LogP) is 3.03. The van der Waals surface area contributed by atoms with Crippen molar-refractivity contribution in [1.82, 2.24) is 0 Å². The molecule has 19 heavy (non-hydrogen) atoms. The molecular formula is C16H15NO2. The zero-order chi connectivity index (χ0) is 13.6. The third-order valence-corrected chi connectivity index (χ3v) is 3.61. The molecule has 0 fully saturated rings. The van der Waals surface area contributed by atoms with E-state index in [1.165, 1.54) is 0 Å². The molecule has 0 N–H and O–H groups in total. The van der Waals surface area contributed by atoms with Crippen LogP contribution >= 0.6 is 0 Å². The summed E-state index contributed by atoms with van der Waals surface area (Å²) in [5.41, 5.74) is 1.55. The molecule has 0 atom stereocenters. The van der Waals surface area contributed by atoms with Crippen LogP contribution in [0.5, 0.6) is 0 Å². The van der Waals surface area contributed by atoms with Crippen LogP contribution in [0.15, 0.2) is 36.4 Å². The van der Waals surface area contributed by atoms with Crippen molar-refractivity contribution in [2.75, 3.05) is 11.4 Å². The van der Waals surface area contributed by atoms with Crippen LogP contribution in [0.2, 0.25) is 0 Å².